The average Bonchev–Trinajstić information content (AvgIpc) is 3.38. The molecule has 0 spiro atoms. The molecule has 2 heterocycles. The molecule has 1 aromatic heterocycles. The second-order valence-electron chi connectivity index (χ2n) is 7.45. The van der Waals surface area contributed by atoms with Crippen LogP contribution in [0, 0.1) is 0 Å². The normalized spacial score (nSPS) is 17.4. The minimum atomic E-state index is -0.447. The van der Waals surface area contributed by atoms with E-state index in [0.29, 0.717) is 25.3 Å². The van der Waals surface area contributed by atoms with E-state index in [9.17, 15) is 9.59 Å². The lowest BCUT2D eigenvalue weighted by molar-refractivity contribution is 0.0517. The fourth-order valence-electron chi connectivity index (χ4n) is 3.73. The number of amides is 1. The van der Waals surface area contributed by atoms with E-state index >= 15 is 0 Å². The van der Waals surface area contributed by atoms with Gasteiger partial charge in [0.05, 0.1) is 6.61 Å². The van der Waals surface area contributed by atoms with E-state index in [1.54, 1.807) is 14.0 Å². The molecule has 2 aliphatic rings. The van der Waals surface area contributed by atoms with Gasteiger partial charge in [0, 0.05) is 36.2 Å². The number of rotatable bonds is 7. The summed E-state index contributed by atoms with van der Waals surface area (Å²) < 4.78 is 6.78. The van der Waals surface area contributed by atoms with Crippen molar-refractivity contribution < 1.29 is 14.3 Å². The quantitative estimate of drug-likeness (QED) is 0.670. The number of hydrogen-bond acceptors (Lipinski definition) is 5. The van der Waals surface area contributed by atoms with E-state index in [-0.39, 0.29) is 16.3 Å². The molecule has 0 bridgehead atoms. The molecule has 7 heteroatoms. The number of esters is 1. The van der Waals surface area contributed by atoms with Crippen LogP contribution in [-0.2, 0) is 24.0 Å². The molecule has 1 aromatic carbocycles. The van der Waals surface area contributed by atoms with Gasteiger partial charge in [-0.3, -0.25) is 9.48 Å². The Labute approximate surface area is 169 Å². The van der Waals surface area contributed by atoms with Gasteiger partial charge in [-0.15, -0.1) is 11.8 Å². The van der Waals surface area contributed by atoms with Gasteiger partial charge in [-0.25, -0.2) is 4.79 Å². The lowest BCUT2D eigenvalue weighted by Gasteiger charge is -2.31. The molecule has 1 saturated carbocycles. The van der Waals surface area contributed by atoms with Crippen LogP contribution >= 0.6 is 11.8 Å². The Balaban J connectivity index is 1.46. The number of aromatic nitrogens is 2. The summed E-state index contributed by atoms with van der Waals surface area (Å²) in [6.07, 6.45) is 2.92. The van der Waals surface area contributed by atoms with Crippen molar-refractivity contribution >= 4 is 23.6 Å². The van der Waals surface area contributed by atoms with E-state index in [1.165, 1.54) is 10.2 Å². The third kappa shape index (κ3) is 3.68. The predicted molar refractivity (Wildman–Crippen MR) is 108 cm³/mol. The van der Waals surface area contributed by atoms with Crippen molar-refractivity contribution in [2.24, 2.45) is 7.05 Å². The van der Waals surface area contributed by atoms with Crippen molar-refractivity contribution in [3.05, 3.63) is 52.8 Å². The highest BCUT2D eigenvalue weighted by Gasteiger charge is 2.46. The van der Waals surface area contributed by atoms with Gasteiger partial charge in [-0.1, -0.05) is 30.3 Å². The maximum absolute atomic E-state index is 13.1. The Morgan fingerprint density at radius 1 is 1.29 bits per heavy atom. The van der Waals surface area contributed by atoms with Crippen LogP contribution in [0.25, 0.3) is 0 Å². The highest BCUT2D eigenvalue weighted by atomic mass is 32.2. The number of nitrogens with zero attached hydrogens (tertiary/aromatic N) is 3. The van der Waals surface area contributed by atoms with Gasteiger partial charge >= 0.3 is 5.97 Å². The van der Waals surface area contributed by atoms with Gasteiger partial charge in [-0.05, 0) is 31.7 Å². The molecule has 0 atom stereocenters. The van der Waals surface area contributed by atoms with Crippen molar-refractivity contribution in [3.63, 3.8) is 0 Å². The Bertz CT molecular complexity index is 890. The first-order valence-corrected chi connectivity index (χ1v) is 10.7. The summed E-state index contributed by atoms with van der Waals surface area (Å²) in [6, 6.07) is 10.5. The van der Waals surface area contributed by atoms with Crippen LogP contribution in [0.15, 0.2) is 30.3 Å². The van der Waals surface area contributed by atoms with Crippen LogP contribution in [0.4, 0.5) is 0 Å². The van der Waals surface area contributed by atoms with Crippen molar-refractivity contribution in [1.82, 2.24) is 14.7 Å². The first-order chi connectivity index (χ1) is 13.5. The molecule has 1 aliphatic carbocycles. The van der Waals surface area contributed by atoms with Gasteiger partial charge < -0.3 is 9.64 Å². The Morgan fingerprint density at radius 3 is 2.71 bits per heavy atom. The van der Waals surface area contributed by atoms with Crippen molar-refractivity contribution in [1.29, 1.82) is 0 Å². The Kier molecular flexibility index (Phi) is 5.19. The molecule has 2 aromatic rings. The number of aryl methyl sites for hydroxylation is 1. The lowest BCUT2D eigenvalue weighted by atomic mass is 10.0. The van der Waals surface area contributed by atoms with E-state index in [2.05, 4.69) is 29.4 Å². The lowest BCUT2D eigenvalue weighted by Crippen LogP contribution is -2.43. The van der Waals surface area contributed by atoms with Gasteiger partial charge in [0.1, 0.15) is 5.69 Å². The number of carbonyl (C=O) groups is 2. The molecule has 1 fully saturated rings. The van der Waals surface area contributed by atoms with E-state index in [4.69, 9.17) is 4.74 Å². The highest BCUT2D eigenvalue weighted by molar-refractivity contribution is 8.00. The molecule has 1 aliphatic heterocycles. The minimum Gasteiger partial charge on any atom is -0.461 e. The van der Waals surface area contributed by atoms with Gasteiger partial charge in [0.15, 0.2) is 5.69 Å². The van der Waals surface area contributed by atoms with E-state index in [1.807, 2.05) is 22.7 Å². The summed E-state index contributed by atoms with van der Waals surface area (Å²) in [5.41, 5.74) is 2.85. The molecule has 6 nitrogen and oxygen atoms in total. The van der Waals surface area contributed by atoms with Crippen LogP contribution in [0.1, 0.15) is 51.9 Å². The van der Waals surface area contributed by atoms with Gasteiger partial charge in [-0.2, -0.15) is 5.10 Å². The van der Waals surface area contributed by atoms with Crippen molar-refractivity contribution in [2.75, 3.05) is 19.7 Å². The second-order valence-corrected chi connectivity index (χ2v) is 8.90. The zero-order chi connectivity index (χ0) is 19.7. The largest absolute Gasteiger partial charge is 0.461 e. The first kappa shape index (κ1) is 19.1. The van der Waals surface area contributed by atoms with E-state index in [0.717, 1.165) is 30.7 Å². The number of ether oxygens (including phenoxy) is 1. The van der Waals surface area contributed by atoms with Crippen LogP contribution in [0.2, 0.25) is 0 Å². The molecule has 0 saturated heterocycles. The zero-order valence-corrected chi connectivity index (χ0v) is 17.1. The summed E-state index contributed by atoms with van der Waals surface area (Å²) in [7, 11) is 1.72. The van der Waals surface area contributed by atoms with E-state index < -0.39 is 5.97 Å². The van der Waals surface area contributed by atoms with Crippen LogP contribution < -0.4 is 0 Å². The minimum absolute atomic E-state index is 0.0293. The Morgan fingerprint density at radius 2 is 2.04 bits per heavy atom. The zero-order valence-electron chi connectivity index (χ0n) is 16.3. The molecular weight excluding hydrogens is 374 g/mol. The fraction of sp³-hybridized carbons (Fsp3) is 0.476. The highest BCUT2D eigenvalue weighted by Crippen LogP contribution is 2.50. The summed E-state index contributed by atoms with van der Waals surface area (Å²) >= 11 is 1.95. The average molecular weight is 400 g/mol. The number of hydrogen-bond donors (Lipinski definition) is 0. The molecule has 0 radical (unpaired) electrons. The van der Waals surface area contributed by atoms with Crippen molar-refractivity contribution in [2.45, 2.75) is 36.7 Å². The summed E-state index contributed by atoms with van der Waals surface area (Å²) in [6.45, 7) is 3.44. The van der Waals surface area contributed by atoms with Gasteiger partial charge in [0.2, 0.25) is 0 Å². The fourth-order valence-corrected chi connectivity index (χ4v) is 5.03. The third-order valence-electron chi connectivity index (χ3n) is 5.41. The summed E-state index contributed by atoms with van der Waals surface area (Å²) in [4.78, 5) is 27.2. The maximum atomic E-state index is 13.1. The molecule has 1 amide bonds. The topological polar surface area (TPSA) is 64.4 Å². The number of benzene rings is 1. The first-order valence-electron chi connectivity index (χ1n) is 9.73. The van der Waals surface area contributed by atoms with Crippen LogP contribution in [-0.4, -0.2) is 51.0 Å². The monoisotopic (exact) mass is 399 g/mol. The number of carbonyl (C=O) groups excluding carboxylic acids is 2. The number of thioether (sulfide) groups is 1. The molecule has 0 unspecified atom stereocenters. The number of fused-ring (bicyclic) bond motifs is 1. The molecule has 0 N–H and O–H groups in total. The summed E-state index contributed by atoms with van der Waals surface area (Å²) in [5.74, 6) is 0.489. The standard InChI is InChI=1S/C21H25N3O3S/c1-3-27-20(26)17-16-9-12-24(19(25)18(16)23(2)22-17)14-21(10-11-21)28-13-15-7-5-4-6-8-15/h4-8H,3,9-14H2,1-2H3. The van der Waals surface area contributed by atoms with Crippen LogP contribution in [0.5, 0.6) is 0 Å². The molecule has 4 rings (SSSR count). The van der Waals surface area contributed by atoms with Crippen molar-refractivity contribution in [3.8, 4) is 0 Å². The smallest absolute Gasteiger partial charge is 0.359 e. The molecular formula is C21H25N3O3S. The predicted octanol–water partition coefficient (Wildman–Crippen LogP) is 3.06. The maximum Gasteiger partial charge on any atom is 0.359 e. The Hall–Kier alpha value is -2.28. The van der Waals surface area contributed by atoms with Crippen LogP contribution in [0.3, 0.4) is 0 Å². The van der Waals surface area contributed by atoms with Gasteiger partial charge in [0.25, 0.3) is 5.91 Å². The molecule has 28 heavy (non-hydrogen) atoms. The summed E-state index contributed by atoms with van der Waals surface area (Å²) in [5, 5.41) is 4.27. The third-order valence-corrected chi connectivity index (χ3v) is 7.04. The second kappa shape index (κ2) is 7.62. The molecule has 148 valence electrons. The SMILES string of the molecule is CCOC(=O)c1nn(C)c2c1CCN(CC1(SCc3ccccc3)CC1)C2=O.